The fourth-order valence-corrected chi connectivity index (χ4v) is 3.21. The maximum absolute atomic E-state index is 14.0. The fraction of sp³-hybridized carbons (Fsp3) is 0.250. The standard InChI is InChI=1S/C20H17F2N3O2/c1-2-12-3-5-13(6-4-12)20-23-19(24-27-20)14-9-18(26)25(11-14)17-10-15(21)7-8-16(17)22/h3-8,10,14H,2,9,11H2,1H3. The van der Waals surface area contributed by atoms with E-state index >= 15 is 0 Å². The zero-order valence-electron chi connectivity index (χ0n) is 14.7. The first-order valence-electron chi connectivity index (χ1n) is 8.73. The Morgan fingerprint density at radius 3 is 2.70 bits per heavy atom. The molecule has 1 aliphatic heterocycles. The summed E-state index contributed by atoms with van der Waals surface area (Å²) in [5.74, 6) is -1.13. The van der Waals surface area contributed by atoms with Crippen molar-refractivity contribution in [2.75, 3.05) is 11.4 Å². The van der Waals surface area contributed by atoms with E-state index in [2.05, 4.69) is 17.1 Å². The first-order valence-corrected chi connectivity index (χ1v) is 8.73. The van der Waals surface area contributed by atoms with Crippen LogP contribution in [-0.2, 0) is 11.2 Å². The van der Waals surface area contributed by atoms with Crippen molar-refractivity contribution in [1.29, 1.82) is 0 Å². The highest BCUT2D eigenvalue weighted by Crippen LogP contribution is 2.33. The van der Waals surface area contributed by atoms with Crippen molar-refractivity contribution in [3.05, 3.63) is 65.5 Å². The fourth-order valence-electron chi connectivity index (χ4n) is 3.21. The molecule has 0 bridgehead atoms. The number of halogens is 2. The number of hydrogen-bond donors (Lipinski definition) is 0. The molecule has 1 aliphatic rings. The van der Waals surface area contributed by atoms with Crippen LogP contribution in [0.4, 0.5) is 14.5 Å². The van der Waals surface area contributed by atoms with Crippen molar-refractivity contribution in [2.24, 2.45) is 0 Å². The number of amides is 1. The molecule has 1 aromatic heterocycles. The molecule has 0 radical (unpaired) electrons. The molecule has 1 saturated heterocycles. The van der Waals surface area contributed by atoms with Gasteiger partial charge < -0.3 is 9.42 Å². The Labute approximate surface area is 154 Å². The third-order valence-corrected chi connectivity index (χ3v) is 4.74. The summed E-state index contributed by atoms with van der Waals surface area (Å²) in [6.07, 6.45) is 1.05. The monoisotopic (exact) mass is 369 g/mol. The minimum Gasteiger partial charge on any atom is -0.334 e. The smallest absolute Gasteiger partial charge is 0.257 e. The summed E-state index contributed by atoms with van der Waals surface area (Å²) in [5, 5.41) is 3.99. The molecule has 0 saturated carbocycles. The van der Waals surface area contributed by atoms with Crippen molar-refractivity contribution >= 4 is 11.6 Å². The quantitative estimate of drug-likeness (QED) is 0.695. The van der Waals surface area contributed by atoms with Gasteiger partial charge in [0.2, 0.25) is 5.91 Å². The molecule has 27 heavy (non-hydrogen) atoms. The van der Waals surface area contributed by atoms with Crippen LogP contribution in [0.5, 0.6) is 0 Å². The van der Waals surface area contributed by atoms with Crippen LogP contribution in [0.25, 0.3) is 11.5 Å². The van der Waals surface area contributed by atoms with Gasteiger partial charge in [0.05, 0.1) is 5.69 Å². The molecule has 5 nitrogen and oxygen atoms in total. The lowest BCUT2D eigenvalue weighted by Gasteiger charge is -2.16. The van der Waals surface area contributed by atoms with Crippen LogP contribution in [0, 0.1) is 11.6 Å². The van der Waals surface area contributed by atoms with Gasteiger partial charge in [0, 0.05) is 30.5 Å². The molecular formula is C20H17F2N3O2. The van der Waals surface area contributed by atoms with Gasteiger partial charge in [-0.1, -0.05) is 24.2 Å². The zero-order chi connectivity index (χ0) is 19.0. The number of nitrogens with zero attached hydrogens (tertiary/aromatic N) is 3. The van der Waals surface area contributed by atoms with Crippen LogP contribution in [-0.4, -0.2) is 22.6 Å². The van der Waals surface area contributed by atoms with Gasteiger partial charge >= 0.3 is 0 Å². The van der Waals surface area contributed by atoms with Gasteiger partial charge in [-0.2, -0.15) is 4.98 Å². The number of anilines is 1. The van der Waals surface area contributed by atoms with E-state index in [0.717, 1.165) is 30.2 Å². The van der Waals surface area contributed by atoms with Gasteiger partial charge in [-0.05, 0) is 36.2 Å². The molecule has 0 N–H and O–H groups in total. The van der Waals surface area contributed by atoms with E-state index in [1.807, 2.05) is 24.3 Å². The average Bonchev–Trinajstić information content (AvgIpc) is 3.31. The van der Waals surface area contributed by atoms with Gasteiger partial charge in [0.15, 0.2) is 5.82 Å². The van der Waals surface area contributed by atoms with E-state index in [-0.39, 0.29) is 30.5 Å². The number of aryl methyl sites for hydroxylation is 1. The molecular weight excluding hydrogens is 352 g/mol. The molecule has 1 amide bonds. The topological polar surface area (TPSA) is 59.2 Å². The van der Waals surface area contributed by atoms with E-state index in [1.165, 1.54) is 10.5 Å². The van der Waals surface area contributed by atoms with E-state index in [0.29, 0.717) is 11.7 Å². The van der Waals surface area contributed by atoms with Crippen LogP contribution in [0.15, 0.2) is 47.0 Å². The summed E-state index contributed by atoms with van der Waals surface area (Å²) in [6.45, 7) is 2.25. The normalized spacial score (nSPS) is 16.9. The molecule has 7 heteroatoms. The van der Waals surface area contributed by atoms with E-state index in [4.69, 9.17) is 4.52 Å². The average molecular weight is 369 g/mol. The number of carbonyl (C=O) groups is 1. The van der Waals surface area contributed by atoms with Gasteiger partial charge in [0.1, 0.15) is 11.6 Å². The minimum atomic E-state index is -0.643. The molecule has 1 atom stereocenters. The van der Waals surface area contributed by atoms with Crippen LogP contribution < -0.4 is 4.90 Å². The Morgan fingerprint density at radius 2 is 1.96 bits per heavy atom. The molecule has 1 unspecified atom stereocenters. The SMILES string of the molecule is CCc1ccc(-c2nc(C3CC(=O)N(c4cc(F)ccc4F)C3)no2)cc1. The van der Waals surface area contributed by atoms with Gasteiger partial charge in [-0.25, -0.2) is 8.78 Å². The molecule has 0 aliphatic carbocycles. The first-order chi connectivity index (χ1) is 13.0. The predicted octanol–water partition coefficient (Wildman–Crippen LogP) is 4.10. The largest absolute Gasteiger partial charge is 0.334 e. The van der Waals surface area contributed by atoms with Crippen molar-refractivity contribution in [3.63, 3.8) is 0 Å². The summed E-state index contributed by atoms with van der Waals surface area (Å²) in [5.41, 5.74) is 1.93. The van der Waals surface area contributed by atoms with E-state index < -0.39 is 11.6 Å². The summed E-state index contributed by atoms with van der Waals surface area (Å²) >= 11 is 0. The third kappa shape index (κ3) is 3.32. The third-order valence-electron chi connectivity index (χ3n) is 4.74. The lowest BCUT2D eigenvalue weighted by Crippen LogP contribution is -2.25. The Balaban J connectivity index is 1.56. The molecule has 2 heterocycles. The maximum atomic E-state index is 14.0. The number of rotatable bonds is 4. The molecule has 4 rings (SSSR count). The van der Waals surface area contributed by atoms with Crippen molar-refractivity contribution in [3.8, 4) is 11.5 Å². The van der Waals surface area contributed by atoms with E-state index in [9.17, 15) is 13.6 Å². The summed E-state index contributed by atoms with van der Waals surface area (Å²) < 4.78 is 32.8. The van der Waals surface area contributed by atoms with Crippen LogP contribution in [0.2, 0.25) is 0 Å². The van der Waals surface area contributed by atoms with Crippen LogP contribution in [0.3, 0.4) is 0 Å². The first kappa shape index (κ1) is 17.3. The highest BCUT2D eigenvalue weighted by Gasteiger charge is 2.36. The maximum Gasteiger partial charge on any atom is 0.257 e. The predicted molar refractivity (Wildman–Crippen MR) is 95.2 cm³/mol. The Hall–Kier alpha value is -3.09. The van der Waals surface area contributed by atoms with Gasteiger partial charge in [0.25, 0.3) is 5.89 Å². The molecule has 3 aromatic rings. The number of hydrogen-bond acceptors (Lipinski definition) is 4. The van der Waals surface area contributed by atoms with Gasteiger partial charge in [-0.15, -0.1) is 0 Å². The lowest BCUT2D eigenvalue weighted by molar-refractivity contribution is -0.117. The zero-order valence-corrected chi connectivity index (χ0v) is 14.7. The highest BCUT2D eigenvalue weighted by atomic mass is 19.1. The second-order valence-corrected chi connectivity index (χ2v) is 6.51. The van der Waals surface area contributed by atoms with E-state index in [1.54, 1.807) is 0 Å². The number of carbonyl (C=O) groups excluding carboxylic acids is 1. The Bertz CT molecular complexity index is 985. The second-order valence-electron chi connectivity index (χ2n) is 6.51. The number of aromatic nitrogens is 2. The van der Waals surface area contributed by atoms with Crippen molar-refractivity contribution < 1.29 is 18.1 Å². The van der Waals surface area contributed by atoms with Crippen molar-refractivity contribution in [2.45, 2.75) is 25.7 Å². The Morgan fingerprint density at radius 1 is 1.19 bits per heavy atom. The number of benzene rings is 2. The second kappa shape index (κ2) is 6.90. The molecule has 1 fully saturated rings. The minimum absolute atomic E-state index is 0.0682. The van der Waals surface area contributed by atoms with Crippen LogP contribution >= 0.6 is 0 Å². The molecule has 0 spiro atoms. The summed E-state index contributed by atoms with van der Waals surface area (Å²) in [7, 11) is 0. The van der Waals surface area contributed by atoms with Crippen molar-refractivity contribution in [1.82, 2.24) is 10.1 Å². The summed E-state index contributed by atoms with van der Waals surface area (Å²) in [6, 6.07) is 10.9. The molecule has 138 valence electrons. The summed E-state index contributed by atoms with van der Waals surface area (Å²) in [4.78, 5) is 17.9. The molecule has 2 aromatic carbocycles. The highest BCUT2D eigenvalue weighted by molar-refractivity contribution is 5.96. The Kier molecular flexibility index (Phi) is 4.43. The van der Waals surface area contributed by atoms with Gasteiger partial charge in [-0.3, -0.25) is 4.79 Å². The van der Waals surface area contributed by atoms with Crippen LogP contribution in [0.1, 0.15) is 30.7 Å². The lowest BCUT2D eigenvalue weighted by atomic mass is 10.1.